The number of imidazole rings is 1. The quantitative estimate of drug-likeness (QED) is 0.857. The zero-order valence-electron chi connectivity index (χ0n) is 7.47. The lowest BCUT2D eigenvalue weighted by Gasteiger charge is -1.95. The van der Waals surface area contributed by atoms with Crippen LogP contribution in [0.4, 0.5) is 0 Å². The first-order valence-corrected chi connectivity index (χ1v) is 4.99. The van der Waals surface area contributed by atoms with Gasteiger partial charge in [-0.05, 0) is 29.4 Å². The molecule has 0 aromatic carbocycles. The Labute approximate surface area is 81.3 Å². The van der Waals surface area contributed by atoms with Gasteiger partial charge in [-0.1, -0.05) is 6.92 Å². The number of hydrogen-bond donors (Lipinski definition) is 1. The van der Waals surface area contributed by atoms with Crippen molar-refractivity contribution in [2.75, 3.05) is 6.54 Å². The van der Waals surface area contributed by atoms with E-state index in [4.69, 9.17) is 0 Å². The van der Waals surface area contributed by atoms with E-state index in [0.717, 1.165) is 30.1 Å². The third-order valence-corrected chi connectivity index (χ3v) is 2.31. The molecule has 1 heterocycles. The number of hydrogen-bond acceptors (Lipinski definition) is 2. The summed E-state index contributed by atoms with van der Waals surface area (Å²) in [5.74, 6) is 0. The Morgan fingerprint density at radius 1 is 1.58 bits per heavy atom. The first-order valence-electron chi connectivity index (χ1n) is 4.20. The van der Waals surface area contributed by atoms with Gasteiger partial charge in [-0.25, -0.2) is 4.98 Å². The Bertz CT molecular complexity index is 244. The summed E-state index contributed by atoms with van der Waals surface area (Å²) in [4.78, 5) is 4.34. The molecule has 1 N–H and O–H groups in total. The van der Waals surface area contributed by atoms with Crippen LogP contribution < -0.4 is 5.32 Å². The first-order chi connectivity index (χ1) is 5.77. The van der Waals surface area contributed by atoms with Gasteiger partial charge in [-0.2, -0.15) is 0 Å². The number of nitrogens with one attached hydrogen (secondary N) is 1. The second-order valence-corrected chi connectivity index (χ2v) is 3.28. The Balaban J connectivity index is 2.62. The standard InChI is InChI=1S/C8H14BrN3/c1-3-10-5-7-6-12(4-2)8(9)11-7/h6,10H,3-5H2,1-2H3. The average Bonchev–Trinajstić information content (AvgIpc) is 2.43. The fraction of sp³-hybridized carbons (Fsp3) is 0.625. The van der Waals surface area contributed by atoms with Gasteiger partial charge in [-0.3, -0.25) is 0 Å². The minimum absolute atomic E-state index is 0.849. The molecule has 0 unspecified atom stereocenters. The van der Waals surface area contributed by atoms with Gasteiger partial charge in [0.05, 0.1) is 5.69 Å². The second-order valence-electron chi connectivity index (χ2n) is 2.57. The van der Waals surface area contributed by atoms with E-state index < -0.39 is 0 Å². The molecule has 68 valence electrons. The largest absolute Gasteiger partial charge is 0.326 e. The fourth-order valence-electron chi connectivity index (χ4n) is 1.00. The van der Waals surface area contributed by atoms with Crippen molar-refractivity contribution in [1.29, 1.82) is 0 Å². The molecule has 1 rings (SSSR count). The molecular weight excluding hydrogens is 218 g/mol. The smallest absolute Gasteiger partial charge is 0.177 e. The molecule has 0 saturated heterocycles. The van der Waals surface area contributed by atoms with Crippen LogP contribution in [0.1, 0.15) is 19.5 Å². The summed E-state index contributed by atoms with van der Waals surface area (Å²) in [6, 6.07) is 0. The van der Waals surface area contributed by atoms with Gasteiger partial charge >= 0.3 is 0 Å². The highest BCUT2D eigenvalue weighted by Gasteiger charge is 2.01. The minimum Gasteiger partial charge on any atom is -0.326 e. The monoisotopic (exact) mass is 231 g/mol. The molecule has 0 aliphatic rings. The van der Waals surface area contributed by atoms with Crippen molar-refractivity contribution >= 4 is 15.9 Å². The van der Waals surface area contributed by atoms with Crippen LogP contribution in [0.25, 0.3) is 0 Å². The van der Waals surface area contributed by atoms with Gasteiger partial charge in [0.1, 0.15) is 0 Å². The molecule has 0 amide bonds. The first kappa shape index (κ1) is 9.74. The van der Waals surface area contributed by atoms with E-state index in [-0.39, 0.29) is 0 Å². The van der Waals surface area contributed by atoms with Gasteiger partial charge < -0.3 is 9.88 Å². The Morgan fingerprint density at radius 2 is 2.33 bits per heavy atom. The zero-order valence-corrected chi connectivity index (χ0v) is 9.06. The third kappa shape index (κ3) is 2.32. The molecule has 12 heavy (non-hydrogen) atoms. The maximum atomic E-state index is 4.34. The summed E-state index contributed by atoms with van der Waals surface area (Å²) in [7, 11) is 0. The maximum Gasteiger partial charge on any atom is 0.177 e. The zero-order chi connectivity index (χ0) is 8.97. The van der Waals surface area contributed by atoms with E-state index in [1.807, 2.05) is 0 Å². The van der Waals surface area contributed by atoms with Crippen LogP contribution in [-0.4, -0.2) is 16.1 Å². The summed E-state index contributed by atoms with van der Waals surface area (Å²) in [5.41, 5.74) is 1.09. The number of aryl methyl sites for hydroxylation is 1. The van der Waals surface area contributed by atoms with Crippen molar-refractivity contribution < 1.29 is 0 Å². The molecular formula is C8H14BrN3. The molecule has 0 aliphatic heterocycles. The van der Waals surface area contributed by atoms with Gasteiger partial charge in [-0.15, -0.1) is 0 Å². The molecule has 0 saturated carbocycles. The summed E-state index contributed by atoms with van der Waals surface area (Å²) in [6.07, 6.45) is 2.06. The maximum absolute atomic E-state index is 4.34. The van der Waals surface area contributed by atoms with Crippen LogP contribution in [0.15, 0.2) is 10.9 Å². The highest BCUT2D eigenvalue weighted by molar-refractivity contribution is 9.10. The topological polar surface area (TPSA) is 29.9 Å². The van der Waals surface area contributed by atoms with E-state index in [1.165, 1.54) is 0 Å². The van der Waals surface area contributed by atoms with Crippen molar-refractivity contribution in [3.8, 4) is 0 Å². The number of aromatic nitrogens is 2. The predicted octanol–water partition coefficient (Wildman–Crippen LogP) is 1.77. The summed E-state index contributed by atoms with van der Waals surface area (Å²) in [6.45, 7) is 6.98. The predicted molar refractivity (Wildman–Crippen MR) is 53.0 cm³/mol. The van der Waals surface area contributed by atoms with E-state index >= 15 is 0 Å². The minimum atomic E-state index is 0.849. The Kier molecular flexibility index (Phi) is 3.75. The SMILES string of the molecule is CCNCc1cn(CC)c(Br)n1. The lowest BCUT2D eigenvalue weighted by atomic mass is 10.4. The van der Waals surface area contributed by atoms with Gasteiger partial charge in [0.15, 0.2) is 4.73 Å². The number of nitrogens with zero attached hydrogens (tertiary/aromatic N) is 2. The molecule has 0 spiro atoms. The van der Waals surface area contributed by atoms with Crippen LogP contribution in [0.3, 0.4) is 0 Å². The van der Waals surface area contributed by atoms with Crippen molar-refractivity contribution in [1.82, 2.24) is 14.9 Å². The van der Waals surface area contributed by atoms with Gasteiger partial charge in [0, 0.05) is 19.3 Å². The van der Waals surface area contributed by atoms with E-state index in [0.29, 0.717) is 0 Å². The van der Waals surface area contributed by atoms with Crippen LogP contribution in [0, 0.1) is 0 Å². The van der Waals surface area contributed by atoms with E-state index in [9.17, 15) is 0 Å². The van der Waals surface area contributed by atoms with Crippen LogP contribution in [0.2, 0.25) is 0 Å². The molecule has 0 fully saturated rings. The van der Waals surface area contributed by atoms with Gasteiger partial charge in [0.2, 0.25) is 0 Å². The molecule has 0 bridgehead atoms. The third-order valence-electron chi connectivity index (χ3n) is 1.67. The Hall–Kier alpha value is -0.350. The van der Waals surface area contributed by atoms with E-state index in [2.05, 4.69) is 50.8 Å². The molecule has 0 radical (unpaired) electrons. The van der Waals surface area contributed by atoms with Crippen LogP contribution in [-0.2, 0) is 13.1 Å². The van der Waals surface area contributed by atoms with Crippen molar-refractivity contribution in [3.63, 3.8) is 0 Å². The van der Waals surface area contributed by atoms with Crippen molar-refractivity contribution in [2.45, 2.75) is 26.9 Å². The second kappa shape index (κ2) is 4.62. The molecule has 0 atom stereocenters. The normalized spacial score (nSPS) is 10.6. The van der Waals surface area contributed by atoms with Crippen LogP contribution in [0.5, 0.6) is 0 Å². The molecule has 1 aromatic heterocycles. The number of rotatable bonds is 4. The Morgan fingerprint density at radius 3 is 2.83 bits per heavy atom. The molecule has 1 aromatic rings. The average molecular weight is 232 g/mol. The van der Waals surface area contributed by atoms with Crippen molar-refractivity contribution in [3.05, 3.63) is 16.6 Å². The summed E-state index contributed by atoms with van der Waals surface area (Å²) >= 11 is 3.39. The van der Waals surface area contributed by atoms with Crippen molar-refractivity contribution in [2.24, 2.45) is 0 Å². The summed E-state index contributed by atoms with van der Waals surface area (Å²) < 4.78 is 2.99. The highest BCUT2D eigenvalue weighted by atomic mass is 79.9. The lowest BCUT2D eigenvalue weighted by Crippen LogP contribution is -2.11. The lowest BCUT2D eigenvalue weighted by molar-refractivity contribution is 0.710. The van der Waals surface area contributed by atoms with Crippen LogP contribution >= 0.6 is 15.9 Å². The molecule has 0 aliphatic carbocycles. The van der Waals surface area contributed by atoms with E-state index in [1.54, 1.807) is 0 Å². The fourth-order valence-corrected chi connectivity index (χ4v) is 1.59. The number of halogens is 1. The van der Waals surface area contributed by atoms with Gasteiger partial charge in [0.25, 0.3) is 0 Å². The highest BCUT2D eigenvalue weighted by Crippen LogP contribution is 2.09. The molecule has 3 nitrogen and oxygen atoms in total. The summed E-state index contributed by atoms with van der Waals surface area (Å²) in [5, 5.41) is 3.23. The molecule has 4 heteroatoms.